The first-order chi connectivity index (χ1) is 15.4. The van der Waals surface area contributed by atoms with Gasteiger partial charge < -0.3 is 24.7 Å². The van der Waals surface area contributed by atoms with Crippen LogP contribution in [-0.4, -0.2) is 62.5 Å². The molecule has 2 aromatic heterocycles. The Kier molecular flexibility index (Phi) is 4.88. The van der Waals surface area contributed by atoms with Gasteiger partial charge in [0.15, 0.2) is 23.5 Å². The SMILES string of the molecule is CC1(C)OC2[C@H](O1)C(COC(=O)c1ccc(C=O)cc1)O[C@H]2n1cnc2c(N)ncnc21. The zero-order valence-electron chi connectivity index (χ0n) is 17.4. The third kappa shape index (κ3) is 3.49. The molecule has 2 saturated heterocycles. The lowest BCUT2D eigenvalue weighted by atomic mass is 10.1. The van der Waals surface area contributed by atoms with Crippen molar-refractivity contribution >= 4 is 29.2 Å². The molecule has 1 aromatic carbocycles. The number of carbonyl (C=O) groups is 2. The third-order valence-corrected chi connectivity index (χ3v) is 5.45. The van der Waals surface area contributed by atoms with Crippen LogP contribution in [0.1, 0.15) is 40.8 Å². The van der Waals surface area contributed by atoms with Crippen LogP contribution in [0.15, 0.2) is 36.9 Å². The molecule has 166 valence electrons. The molecule has 2 fully saturated rings. The molecule has 0 bridgehead atoms. The van der Waals surface area contributed by atoms with Crippen LogP contribution in [0.5, 0.6) is 0 Å². The second-order valence-corrected chi connectivity index (χ2v) is 8.05. The molecule has 2 aliphatic heterocycles. The lowest BCUT2D eigenvalue weighted by Gasteiger charge is -2.24. The fourth-order valence-corrected chi connectivity index (χ4v) is 4.01. The number of rotatable bonds is 5. The largest absolute Gasteiger partial charge is 0.459 e. The predicted octanol–water partition coefficient (Wildman–Crippen LogP) is 1.50. The van der Waals surface area contributed by atoms with Gasteiger partial charge in [0.2, 0.25) is 0 Å². The molecule has 4 heterocycles. The molecule has 4 atom stereocenters. The molecule has 0 amide bonds. The third-order valence-electron chi connectivity index (χ3n) is 5.45. The van der Waals surface area contributed by atoms with Crippen LogP contribution in [0.3, 0.4) is 0 Å². The van der Waals surface area contributed by atoms with Gasteiger partial charge in [-0.1, -0.05) is 12.1 Å². The van der Waals surface area contributed by atoms with Crippen molar-refractivity contribution in [1.82, 2.24) is 19.5 Å². The molecule has 0 aliphatic carbocycles. The molecule has 5 rings (SSSR count). The van der Waals surface area contributed by atoms with E-state index in [9.17, 15) is 9.59 Å². The Bertz CT molecular complexity index is 1180. The zero-order valence-corrected chi connectivity index (χ0v) is 17.4. The Morgan fingerprint density at radius 2 is 1.94 bits per heavy atom. The van der Waals surface area contributed by atoms with Crippen molar-refractivity contribution < 1.29 is 28.5 Å². The number of aromatic nitrogens is 4. The number of anilines is 1. The average Bonchev–Trinajstić information content (AvgIpc) is 3.43. The molecule has 2 unspecified atom stereocenters. The molecule has 11 heteroatoms. The van der Waals surface area contributed by atoms with Gasteiger partial charge in [0.1, 0.15) is 43.0 Å². The molecule has 2 aliphatic rings. The summed E-state index contributed by atoms with van der Waals surface area (Å²) in [5.74, 6) is -1.11. The highest BCUT2D eigenvalue weighted by atomic mass is 16.8. The van der Waals surface area contributed by atoms with Gasteiger partial charge >= 0.3 is 5.97 Å². The van der Waals surface area contributed by atoms with E-state index in [1.165, 1.54) is 18.5 Å². The summed E-state index contributed by atoms with van der Waals surface area (Å²) in [5, 5.41) is 0. The summed E-state index contributed by atoms with van der Waals surface area (Å²) in [7, 11) is 0. The van der Waals surface area contributed by atoms with Gasteiger partial charge in [-0.15, -0.1) is 0 Å². The molecular formula is C21H21N5O6. The first kappa shape index (κ1) is 20.5. The topological polar surface area (TPSA) is 141 Å². The molecule has 32 heavy (non-hydrogen) atoms. The normalized spacial score (nSPS) is 26.2. The minimum Gasteiger partial charge on any atom is -0.459 e. The van der Waals surface area contributed by atoms with E-state index in [1.807, 2.05) is 13.8 Å². The van der Waals surface area contributed by atoms with E-state index < -0.39 is 36.3 Å². The summed E-state index contributed by atoms with van der Waals surface area (Å²) in [6.07, 6.45) is 1.48. The number of benzene rings is 1. The van der Waals surface area contributed by atoms with E-state index in [4.69, 9.17) is 24.7 Å². The summed E-state index contributed by atoms with van der Waals surface area (Å²) < 4.78 is 25.5. The van der Waals surface area contributed by atoms with Crippen molar-refractivity contribution in [2.45, 2.75) is 44.2 Å². The maximum absolute atomic E-state index is 12.5. The van der Waals surface area contributed by atoms with E-state index in [-0.39, 0.29) is 12.4 Å². The van der Waals surface area contributed by atoms with E-state index >= 15 is 0 Å². The number of ether oxygens (including phenoxy) is 4. The Hall–Kier alpha value is -3.41. The number of hydrogen-bond donors (Lipinski definition) is 1. The zero-order chi connectivity index (χ0) is 22.5. The molecular weight excluding hydrogens is 418 g/mol. The van der Waals surface area contributed by atoms with E-state index in [0.29, 0.717) is 28.6 Å². The van der Waals surface area contributed by atoms with Gasteiger partial charge in [-0.25, -0.2) is 19.7 Å². The maximum atomic E-state index is 12.5. The Morgan fingerprint density at radius 1 is 1.19 bits per heavy atom. The van der Waals surface area contributed by atoms with Crippen molar-refractivity contribution in [2.75, 3.05) is 12.3 Å². The van der Waals surface area contributed by atoms with Crippen LogP contribution in [-0.2, 0) is 18.9 Å². The van der Waals surface area contributed by atoms with Gasteiger partial charge in [0, 0.05) is 5.56 Å². The van der Waals surface area contributed by atoms with Crippen molar-refractivity contribution in [1.29, 1.82) is 0 Å². The van der Waals surface area contributed by atoms with Crippen LogP contribution in [0.2, 0.25) is 0 Å². The highest BCUT2D eigenvalue weighted by Crippen LogP contribution is 2.43. The van der Waals surface area contributed by atoms with Crippen LogP contribution in [0, 0.1) is 0 Å². The van der Waals surface area contributed by atoms with Crippen LogP contribution in [0.4, 0.5) is 5.82 Å². The number of fused-ring (bicyclic) bond motifs is 2. The summed E-state index contributed by atoms with van der Waals surface area (Å²) in [6, 6.07) is 6.17. The quantitative estimate of drug-likeness (QED) is 0.459. The minimum absolute atomic E-state index is 0.0465. The number of hydrogen-bond acceptors (Lipinski definition) is 10. The van der Waals surface area contributed by atoms with Crippen LogP contribution in [0.25, 0.3) is 11.2 Å². The number of nitrogens with zero attached hydrogens (tertiary/aromatic N) is 4. The molecule has 3 aromatic rings. The summed E-state index contributed by atoms with van der Waals surface area (Å²) in [5.41, 5.74) is 7.67. The molecule has 0 saturated carbocycles. The van der Waals surface area contributed by atoms with Crippen molar-refractivity contribution in [3.63, 3.8) is 0 Å². The Balaban J connectivity index is 1.37. The van der Waals surface area contributed by atoms with Gasteiger partial charge in [0.25, 0.3) is 0 Å². The lowest BCUT2D eigenvalue weighted by molar-refractivity contribution is -0.199. The van der Waals surface area contributed by atoms with Gasteiger partial charge in [-0.05, 0) is 26.0 Å². The number of esters is 1. The average molecular weight is 439 g/mol. The minimum atomic E-state index is -0.839. The van der Waals surface area contributed by atoms with Crippen LogP contribution >= 0.6 is 0 Å². The second kappa shape index (κ2) is 7.62. The summed E-state index contributed by atoms with van der Waals surface area (Å²) >= 11 is 0. The first-order valence-electron chi connectivity index (χ1n) is 10.0. The van der Waals surface area contributed by atoms with Gasteiger partial charge in [-0.3, -0.25) is 9.36 Å². The highest BCUT2D eigenvalue weighted by molar-refractivity contribution is 5.90. The Labute approximate surface area is 182 Å². The summed E-state index contributed by atoms with van der Waals surface area (Å²) in [6.45, 7) is 3.58. The fraction of sp³-hybridized carbons (Fsp3) is 0.381. The Morgan fingerprint density at radius 3 is 2.69 bits per heavy atom. The van der Waals surface area contributed by atoms with Crippen molar-refractivity contribution in [3.8, 4) is 0 Å². The smallest absolute Gasteiger partial charge is 0.338 e. The predicted molar refractivity (Wildman–Crippen MR) is 110 cm³/mol. The summed E-state index contributed by atoms with van der Waals surface area (Å²) in [4.78, 5) is 35.8. The van der Waals surface area contributed by atoms with E-state index in [2.05, 4.69) is 15.0 Å². The van der Waals surface area contributed by atoms with Crippen LogP contribution < -0.4 is 5.73 Å². The molecule has 2 N–H and O–H groups in total. The highest BCUT2D eigenvalue weighted by Gasteiger charge is 2.56. The monoisotopic (exact) mass is 439 g/mol. The van der Waals surface area contributed by atoms with E-state index in [1.54, 1.807) is 23.0 Å². The number of imidazole rings is 1. The first-order valence-corrected chi connectivity index (χ1v) is 10.0. The van der Waals surface area contributed by atoms with Gasteiger partial charge in [0.05, 0.1) is 11.9 Å². The van der Waals surface area contributed by atoms with E-state index in [0.717, 1.165) is 0 Å². The van der Waals surface area contributed by atoms with Gasteiger partial charge in [-0.2, -0.15) is 0 Å². The molecule has 11 nitrogen and oxygen atoms in total. The van der Waals surface area contributed by atoms with Crippen molar-refractivity contribution in [2.24, 2.45) is 0 Å². The fourth-order valence-electron chi connectivity index (χ4n) is 4.01. The number of aldehydes is 1. The van der Waals surface area contributed by atoms with Crippen molar-refractivity contribution in [3.05, 3.63) is 48.0 Å². The maximum Gasteiger partial charge on any atom is 0.338 e. The molecule has 0 spiro atoms. The standard InChI is InChI=1S/C21H21N5O6/c1-21(2)31-15-13(8-29-20(28)12-5-3-11(7-27)4-6-12)30-19(16(15)32-21)26-10-25-14-17(22)23-9-24-18(14)26/h3-7,9-10,13,15-16,19H,8H2,1-2H3,(H2,22,23,24)/t13?,15-,16?,19-/m1/s1. The number of nitrogens with two attached hydrogens (primary N) is 1. The second-order valence-electron chi connectivity index (χ2n) is 8.05. The number of carbonyl (C=O) groups excluding carboxylic acids is 2. The lowest BCUT2D eigenvalue weighted by Crippen LogP contribution is -2.33. The molecule has 0 radical (unpaired) electrons. The number of nitrogen functional groups attached to an aromatic ring is 1.